The van der Waals surface area contributed by atoms with Crippen molar-refractivity contribution >= 4 is 33.2 Å². The van der Waals surface area contributed by atoms with Crippen molar-refractivity contribution in [1.82, 2.24) is 19.6 Å². The average molecular weight is 407 g/mol. The summed E-state index contributed by atoms with van der Waals surface area (Å²) >= 11 is 3.47. The number of nitrogens with one attached hydrogen (secondary N) is 2. The molecule has 0 bridgehead atoms. The van der Waals surface area contributed by atoms with E-state index in [-0.39, 0.29) is 6.61 Å². The highest BCUT2D eigenvalue weighted by Crippen LogP contribution is 2.22. The van der Waals surface area contributed by atoms with Gasteiger partial charge in [-0.3, -0.25) is 4.98 Å². The molecule has 3 aromatic heterocycles. The molecule has 0 unspecified atom stereocenters. The van der Waals surface area contributed by atoms with Crippen LogP contribution < -0.4 is 10.6 Å². The van der Waals surface area contributed by atoms with Crippen molar-refractivity contribution in [3.05, 3.63) is 46.8 Å². The predicted molar refractivity (Wildman–Crippen MR) is 98.6 cm³/mol. The molecule has 3 rings (SSSR count). The SMILES string of the molecule is OCCOCCNc1cc(NCc2cccnc2)n2ncc(Br)c2n1. The Morgan fingerprint density at radius 3 is 2.96 bits per heavy atom. The average Bonchev–Trinajstić information content (AvgIpc) is 3.02. The summed E-state index contributed by atoms with van der Waals surface area (Å²) in [7, 11) is 0. The van der Waals surface area contributed by atoms with Gasteiger partial charge in [0.05, 0.1) is 30.5 Å². The number of rotatable bonds is 9. The number of nitrogens with zero attached hydrogens (tertiary/aromatic N) is 4. The number of hydrogen-bond donors (Lipinski definition) is 3. The monoisotopic (exact) mass is 406 g/mol. The van der Waals surface area contributed by atoms with E-state index in [2.05, 4.69) is 41.6 Å². The topological polar surface area (TPSA) is 96.6 Å². The fourth-order valence-electron chi connectivity index (χ4n) is 2.27. The molecule has 3 heterocycles. The van der Waals surface area contributed by atoms with E-state index in [9.17, 15) is 0 Å². The molecule has 132 valence electrons. The number of aromatic nitrogens is 4. The lowest BCUT2D eigenvalue weighted by Crippen LogP contribution is -2.13. The van der Waals surface area contributed by atoms with E-state index in [1.165, 1.54) is 0 Å². The summed E-state index contributed by atoms with van der Waals surface area (Å²) in [5.41, 5.74) is 1.79. The Labute approximate surface area is 153 Å². The zero-order chi connectivity index (χ0) is 17.5. The minimum absolute atomic E-state index is 0.0232. The quantitative estimate of drug-likeness (QED) is 0.467. The molecule has 3 N–H and O–H groups in total. The highest BCUT2D eigenvalue weighted by atomic mass is 79.9. The van der Waals surface area contributed by atoms with Crippen molar-refractivity contribution < 1.29 is 9.84 Å². The Balaban J connectivity index is 1.73. The number of aliphatic hydroxyl groups is 1. The van der Waals surface area contributed by atoms with E-state index in [1.54, 1.807) is 16.9 Å². The number of anilines is 2. The third-order valence-corrected chi connectivity index (χ3v) is 3.97. The first kappa shape index (κ1) is 17.6. The van der Waals surface area contributed by atoms with E-state index in [0.717, 1.165) is 27.3 Å². The van der Waals surface area contributed by atoms with E-state index in [4.69, 9.17) is 9.84 Å². The molecule has 0 saturated heterocycles. The number of halogens is 1. The summed E-state index contributed by atoms with van der Waals surface area (Å²) < 4.78 is 7.81. The maximum atomic E-state index is 8.71. The normalized spacial score (nSPS) is 11.0. The number of hydrogen-bond acceptors (Lipinski definition) is 7. The highest BCUT2D eigenvalue weighted by Gasteiger charge is 2.10. The summed E-state index contributed by atoms with van der Waals surface area (Å²) in [5.74, 6) is 1.54. The van der Waals surface area contributed by atoms with E-state index < -0.39 is 0 Å². The molecule has 8 nitrogen and oxygen atoms in total. The summed E-state index contributed by atoms with van der Waals surface area (Å²) in [6, 6.07) is 5.81. The van der Waals surface area contributed by atoms with Gasteiger partial charge in [-0.1, -0.05) is 6.07 Å². The van der Waals surface area contributed by atoms with Gasteiger partial charge >= 0.3 is 0 Å². The number of fused-ring (bicyclic) bond motifs is 1. The van der Waals surface area contributed by atoms with Crippen molar-refractivity contribution in [1.29, 1.82) is 0 Å². The smallest absolute Gasteiger partial charge is 0.173 e. The maximum absolute atomic E-state index is 8.71. The summed E-state index contributed by atoms with van der Waals surface area (Å²) in [4.78, 5) is 8.67. The van der Waals surface area contributed by atoms with Crippen LogP contribution in [0.1, 0.15) is 5.56 Å². The molecule has 0 atom stereocenters. The van der Waals surface area contributed by atoms with Crippen LogP contribution in [0.3, 0.4) is 0 Å². The summed E-state index contributed by atoms with van der Waals surface area (Å²) in [6.07, 6.45) is 5.29. The lowest BCUT2D eigenvalue weighted by molar-refractivity contribution is 0.0992. The van der Waals surface area contributed by atoms with Crippen LogP contribution in [0.15, 0.2) is 41.3 Å². The van der Waals surface area contributed by atoms with Crippen LogP contribution in [0.2, 0.25) is 0 Å². The van der Waals surface area contributed by atoms with Crippen LogP contribution in [-0.2, 0) is 11.3 Å². The lowest BCUT2D eigenvalue weighted by Gasteiger charge is -2.12. The van der Waals surface area contributed by atoms with Gasteiger partial charge in [0.1, 0.15) is 11.6 Å². The van der Waals surface area contributed by atoms with E-state index in [0.29, 0.717) is 26.3 Å². The molecule has 0 aromatic carbocycles. The van der Waals surface area contributed by atoms with Crippen molar-refractivity contribution in [2.75, 3.05) is 37.0 Å². The third-order valence-electron chi connectivity index (χ3n) is 3.41. The molecule has 25 heavy (non-hydrogen) atoms. The van der Waals surface area contributed by atoms with Crippen LogP contribution in [0, 0.1) is 0 Å². The van der Waals surface area contributed by atoms with Gasteiger partial charge in [0.25, 0.3) is 0 Å². The standard InChI is InChI=1S/C16H19BrN6O2/c17-13-11-21-23-15(20-10-12-2-1-3-18-9-12)8-14(22-16(13)23)19-4-6-25-7-5-24/h1-3,8-9,11,20,24H,4-7,10H2,(H,19,22). The predicted octanol–water partition coefficient (Wildman–Crippen LogP) is 1.92. The molecule has 9 heteroatoms. The Hall–Kier alpha value is -2.23. The van der Waals surface area contributed by atoms with Crippen molar-refractivity contribution in [3.63, 3.8) is 0 Å². The molecule has 0 fully saturated rings. The van der Waals surface area contributed by atoms with Crippen LogP contribution in [0.4, 0.5) is 11.6 Å². The fourth-order valence-corrected chi connectivity index (χ4v) is 2.61. The Bertz CT molecular complexity index is 811. The first-order valence-corrected chi connectivity index (χ1v) is 8.67. The molecule has 0 saturated carbocycles. The molecular formula is C16H19BrN6O2. The number of aliphatic hydroxyl groups excluding tert-OH is 1. The van der Waals surface area contributed by atoms with Crippen LogP contribution in [0.5, 0.6) is 0 Å². The Morgan fingerprint density at radius 2 is 2.16 bits per heavy atom. The molecular weight excluding hydrogens is 388 g/mol. The molecule has 0 aliphatic carbocycles. The number of ether oxygens (including phenoxy) is 1. The van der Waals surface area contributed by atoms with E-state index >= 15 is 0 Å². The first-order valence-electron chi connectivity index (χ1n) is 7.87. The molecule has 0 aliphatic heterocycles. The molecule has 0 radical (unpaired) electrons. The minimum atomic E-state index is 0.0232. The van der Waals surface area contributed by atoms with Gasteiger partial charge in [-0.2, -0.15) is 9.61 Å². The van der Waals surface area contributed by atoms with Crippen LogP contribution >= 0.6 is 15.9 Å². The largest absolute Gasteiger partial charge is 0.394 e. The Kier molecular flexibility index (Phi) is 6.15. The zero-order valence-corrected chi connectivity index (χ0v) is 15.1. The highest BCUT2D eigenvalue weighted by molar-refractivity contribution is 9.10. The molecule has 0 spiro atoms. The minimum Gasteiger partial charge on any atom is -0.394 e. The molecule has 0 aliphatic rings. The van der Waals surface area contributed by atoms with Crippen LogP contribution in [-0.4, -0.2) is 51.1 Å². The Morgan fingerprint density at radius 1 is 1.24 bits per heavy atom. The summed E-state index contributed by atoms with van der Waals surface area (Å²) in [5, 5.41) is 19.6. The van der Waals surface area contributed by atoms with Crippen LogP contribution in [0.25, 0.3) is 5.65 Å². The fraction of sp³-hybridized carbons (Fsp3) is 0.312. The van der Waals surface area contributed by atoms with Gasteiger partial charge in [-0.15, -0.1) is 0 Å². The lowest BCUT2D eigenvalue weighted by atomic mass is 10.3. The second-order valence-corrected chi connectivity index (χ2v) is 6.09. The summed E-state index contributed by atoms with van der Waals surface area (Å²) in [6.45, 7) is 2.07. The first-order chi connectivity index (χ1) is 12.3. The van der Waals surface area contributed by atoms with Crippen molar-refractivity contribution in [3.8, 4) is 0 Å². The second kappa shape index (κ2) is 8.75. The van der Waals surface area contributed by atoms with Crippen molar-refractivity contribution in [2.45, 2.75) is 6.54 Å². The van der Waals surface area contributed by atoms with Gasteiger partial charge in [-0.05, 0) is 27.6 Å². The second-order valence-electron chi connectivity index (χ2n) is 5.23. The van der Waals surface area contributed by atoms with E-state index in [1.807, 2.05) is 24.4 Å². The number of pyridine rings is 1. The third kappa shape index (κ3) is 4.65. The van der Waals surface area contributed by atoms with Gasteiger partial charge in [-0.25, -0.2) is 4.98 Å². The molecule has 3 aromatic rings. The van der Waals surface area contributed by atoms with Gasteiger partial charge in [0.2, 0.25) is 0 Å². The van der Waals surface area contributed by atoms with Crippen molar-refractivity contribution in [2.24, 2.45) is 0 Å². The maximum Gasteiger partial charge on any atom is 0.173 e. The molecule has 0 amide bonds. The van der Waals surface area contributed by atoms with Gasteiger partial charge < -0.3 is 20.5 Å². The zero-order valence-electron chi connectivity index (χ0n) is 13.5. The van der Waals surface area contributed by atoms with Gasteiger partial charge in [0, 0.05) is 31.5 Å². The van der Waals surface area contributed by atoms with Gasteiger partial charge in [0.15, 0.2) is 5.65 Å².